The standard InChI is InChI=1S/C8H18N2O2S/c1-12-5-4-10-8(11)7(9)3-6-13-2/h7H,3-6,9H2,1-2H3,(H,10,11). The number of ether oxygens (including phenoxy) is 1. The highest BCUT2D eigenvalue weighted by Crippen LogP contribution is 1.98. The van der Waals surface area contributed by atoms with Gasteiger partial charge < -0.3 is 15.8 Å². The zero-order chi connectivity index (χ0) is 10.1. The predicted molar refractivity (Wildman–Crippen MR) is 55.9 cm³/mol. The summed E-state index contributed by atoms with van der Waals surface area (Å²) in [5.41, 5.74) is 5.62. The fourth-order valence-corrected chi connectivity index (χ4v) is 1.27. The molecule has 0 heterocycles. The first-order valence-electron chi connectivity index (χ1n) is 4.23. The lowest BCUT2D eigenvalue weighted by Gasteiger charge is -2.10. The summed E-state index contributed by atoms with van der Waals surface area (Å²) in [6, 6.07) is -0.385. The number of hydrogen-bond donors (Lipinski definition) is 2. The highest BCUT2D eigenvalue weighted by Gasteiger charge is 2.11. The van der Waals surface area contributed by atoms with Crippen LogP contribution in [0.1, 0.15) is 6.42 Å². The minimum Gasteiger partial charge on any atom is -0.383 e. The largest absolute Gasteiger partial charge is 0.383 e. The molecule has 4 nitrogen and oxygen atoms in total. The molecule has 0 bridgehead atoms. The molecule has 1 unspecified atom stereocenters. The molecule has 0 aliphatic carbocycles. The second-order valence-electron chi connectivity index (χ2n) is 2.67. The summed E-state index contributed by atoms with van der Waals surface area (Å²) in [4.78, 5) is 11.2. The Balaban J connectivity index is 3.45. The summed E-state index contributed by atoms with van der Waals surface area (Å²) >= 11 is 1.69. The number of thioether (sulfide) groups is 1. The van der Waals surface area contributed by atoms with E-state index in [-0.39, 0.29) is 11.9 Å². The topological polar surface area (TPSA) is 64.3 Å². The van der Waals surface area contributed by atoms with Gasteiger partial charge in [0.15, 0.2) is 0 Å². The number of carbonyl (C=O) groups is 1. The maximum absolute atomic E-state index is 11.2. The second kappa shape index (κ2) is 8.34. The summed E-state index contributed by atoms with van der Waals surface area (Å²) in [6.45, 7) is 1.06. The van der Waals surface area contributed by atoms with Gasteiger partial charge in [-0.2, -0.15) is 11.8 Å². The Kier molecular flexibility index (Phi) is 8.18. The highest BCUT2D eigenvalue weighted by atomic mass is 32.2. The van der Waals surface area contributed by atoms with Gasteiger partial charge in [-0.3, -0.25) is 4.79 Å². The molecule has 0 aliphatic heterocycles. The Labute approximate surface area is 83.6 Å². The zero-order valence-electron chi connectivity index (χ0n) is 8.21. The summed E-state index contributed by atoms with van der Waals surface area (Å²) in [6.07, 6.45) is 2.72. The average molecular weight is 206 g/mol. The van der Waals surface area contributed by atoms with Crippen LogP contribution in [-0.2, 0) is 9.53 Å². The van der Waals surface area contributed by atoms with Gasteiger partial charge in [-0.15, -0.1) is 0 Å². The van der Waals surface area contributed by atoms with Crippen LogP contribution < -0.4 is 11.1 Å². The molecule has 0 aliphatic rings. The van der Waals surface area contributed by atoms with E-state index in [4.69, 9.17) is 10.5 Å². The fourth-order valence-electron chi connectivity index (χ4n) is 0.783. The van der Waals surface area contributed by atoms with Gasteiger partial charge in [0.2, 0.25) is 5.91 Å². The number of amides is 1. The van der Waals surface area contributed by atoms with Gasteiger partial charge in [0.05, 0.1) is 12.6 Å². The smallest absolute Gasteiger partial charge is 0.237 e. The van der Waals surface area contributed by atoms with Gasteiger partial charge >= 0.3 is 0 Å². The fraction of sp³-hybridized carbons (Fsp3) is 0.875. The van der Waals surface area contributed by atoms with Crippen LogP contribution in [0.3, 0.4) is 0 Å². The molecular weight excluding hydrogens is 188 g/mol. The third-order valence-electron chi connectivity index (χ3n) is 1.58. The van der Waals surface area contributed by atoms with E-state index in [0.717, 1.165) is 12.2 Å². The van der Waals surface area contributed by atoms with Gasteiger partial charge in [0.25, 0.3) is 0 Å². The first-order valence-corrected chi connectivity index (χ1v) is 5.63. The predicted octanol–water partition coefficient (Wildman–Crippen LogP) is -0.171. The highest BCUT2D eigenvalue weighted by molar-refractivity contribution is 7.98. The van der Waals surface area contributed by atoms with Crippen molar-refractivity contribution in [3.63, 3.8) is 0 Å². The maximum Gasteiger partial charge on any atom is 0.237 e. The molecule has 5 heteroatoms. The molecule has 3 N–H and O–H groups in total. The molecule has 0 aromatic carbocycles. The molecule has 0 radical (unpaired) electrons. The van der Waals surface area contributed by atoms with Gasteiger partial charge in [0.1, 0.15) is 0 Å². The van der Waals surface area contributed by atoms with Crippen LogP contribution in [-0.4, -0.2) is 44.2 Å². The number of nitrogens with two attached hydrogens (primary N) is 1. The van der Waals surface area contributed by atoms with Crippen molar-refractivity contribution in [2.24, 2.45) is 5.73 Å². The van der Waals surface area contributed by atoms with Gasteiger partial charge in [-0.1, -0.05) is 0 Å². The van der Waals surface area contributed by atoms with Crippen molar-refractivity contribution < 1.29 is 9.53 Å². The first-order chi connectivity index (χ1) is 6.22. The van der Waals surface area contributed by atoms with Crippen molar-refractivity contribution in [3.8, 4) is 0 Å². The van der Waals surface area contributed by atoms with E-state index >= 15 is 0 Å². The molecule has 0 saturated heterocycles. The van der Waals surface area contributed by atoms with E-state index < -0.39 is 0 Å². The van der Waals surface area contributed by atoms with Gasteiger partial charge in [-0.05, 0) is 18.4 Å². The number of hydrogen-bond acceptors (Lipinski definition) is 4. The number of methoxy groups -OCH3 is 1. The molecule has 0 spiro atoms. The summed E-state index contributed by atoms with van der Waals surface area (Å²) < 4.78 is 4.79. The zero-order valence-corrected chi connectivity index (χ0v) is 9.02. The minimum atomic E-state index is -0.385. The first kappa shape index (κ1) is 12.7. The Hall–Kier alpha value is -0.260. The molecular formula is C8H18N2O2S. The third kappa shape index (κ3) is 6.86. The van der Waals surface area contributed by atoms with E-state index in [1.54, 1.807) is 18.9 Å². The van der Waals surface area contributed by atoms with E-state index in [1.165, 1.54) is 0 Å². The Morgan fingerprint density at radius 3 is 2.92 bits per heavy atom. The molecule has 0 rings (SSSR count). The normalized spacial score (nSPS) is 12.5. The SMILES string of the molecule is COCCNC(=O)C(N)CCSC. The van der Waals surface area contributed by atoms with Crippen molar-refractivity contribution in [2.45, 2.75) is 12.5 Å². The van der Waals surface area contributed by atoms with Crippen molar-refractivity contribution in [1.29, 1.82) is 0 Å². The minimum absolute atomic E-state index is 0.0916. The van der Waals surface area contributed by atoms with Crippen molar-refractivity contribution in [3.05, 3.63) is 0 Å². The van der Waals surface area contributed by atoms with Crippen LogP contribution in [0.2, 0.25) is 0 Å². The number of nitrogens with one attached hydrogen (secondary N) is 1. The molecule has 0 saturated carbocycles. The number of rotatable bonds is 7. The molecule has 0 aromatic heterocycles. The van der Waals surface area contributed by atoms with E-state index in [0.29, 0.717) is 13.2 Å². The molecule has 1 atom stereocenters. The maximum atomic E-state index is 11.2. The van der Waals surface area contributed by atoms with Crippen LogP contribution >= 0.6 is 11.8 Å². The van der Waals surface area contributed by atoms with Crippen LogP contribution in [0.4, 0.5) is 0 Å². The second-order valence-corrected chi connectivity index (χ2v) is 3.66. The molecule has 1 amide bonds. The summed E-state index contributed by atoms with van der Waals surface area (Å²) in [5.74, 6) is 0.824. The Morgan fingerprint density at radius 2 is 2.38 bits per heavy atom. The molecule has 0 aromatic rings. The number of carbonyl (C=O) groups excluding carboxylic acids is 1. The van der Waals surface area contributed by atoms with Crippen LogP contribution in [0.15, 0.2) is 0 Å². The summed E-state index contributed by atoms with van der Waals surface area (Å²) in [5, 5.41) is 2.69. The van der Waals surface area contributed by atoms with Gasteiger partial charge in [-0.25, -0.2) is 0 Å². The van der Waals surface area contributed by atoms with Crippen molar-refractivity contribution in [2.75, 3.05) is 32.3 Å². The Morgan fingerprint density at radius 1 is 1.69 bits per heavy atom. The van der Waals surface area contributed by atoms with Gasteiger partial charge in [0, 0.05) is 13.7 Å². The Bertz CT molecular complexity index is 144. The molecule has 0 fully saturated rings. The third-order valence-corrected chi connectivity index (χ3v) is 2.22. The average Bonchev–Trinajstić information content (AvgIpc) is 2.14. The van der Waals surface area contributed by atoms with Crippen LogP contribution in [0.25, 0.3) is 0 Å². The summed E-state index contributed by atoms with van der Waals surface area (Å²) in [7, 11) is 1.60. The molecule has 13 heavy (non-hydrogen) atoms. The van der Waals surface area contributed by atoms with E-state index in [2.05, 4.69) is 5.32 Å². The monoisotopic (exact) mass is 206 g/mol. The lowest BCUT2D eigenvalue weighted by atomic mass is 10.2. The lowest BCUT2D eigenvalue weighted by Crippen LogP contribution is -2.42. The molecule has 78 valence electrons. The van der Waals surface area contributed by atoms with Crippen molar-refractivity contribution >= 4 is 17.7 Å². The van der Waals surface area contributed by atoms with Crippen LogP contribution in [0, 0.1) is 0 Å². The van der Waals surface area contributed by atoms with E-state index in [1.807, 2.05) is 6.26 Å². The lowest BCUT2D eigenvalue weighted by molar-refractivity contribution is -0.122. The van der Waals surface area contributed by atoms with Crippen LogP contribution in [0.5, 0.6) is 0 Å². The quantitative estimate of drug-likeness (QED) is 0.568. The van der Waals surface area contributed by atoms with Crippen molar-refractivity contribution in [1.82, 2.24) is 5.32 Å². The van der Waals surface area contributed by atoms with E-state index in [9.17, 15) is 4.79 Å².